The molecule has 0 aliphatic heterocycles. The summed E-state index contributed by atoms with van der Waals surface area (Å²) in [4.78, 5) is 12.1. The molecule has 0 heterocycles. The van der Waals surface area contributed by atoms with Crippen molar-refractivity contribution < 1.29 is 18.0 Å². The number of carbonyl (C=O) groups is 1. The number of ketones is 1. The van der Waals surface area contributed by atoms with Crippen LogP contribution in [0.15, 0.2) is 24.3 Å². The van der Waals surface area contributed by atoms with E-state index < -0.39 is 17.7 Å². The van der Waals surface area contributed by atoms with Crippen molar-refractivity contribution in [3.8, 4) is 6.07 Å². The lowest BCUT2D eigenvalue weighted by Gasteiger charge is -2.15. The van der Waals surface area contributed by atoms with E-state index in [1.165, 1.54) is 12.1 Å². The molecule has 0 radical (unpaired) electrons. The van der Waals surface area contributed by atoms with Crippen LogP contribution in [-0.2, 0) is 11.0 Å². The fraction of sp³-hybridized carbons (Fsp3) is 0.467. The van der Waals surface area contributed by atoms with Crippen LogP contribution in [0.25, 0.3) is 0 Å². The minimum absolute atomic E-state index is 0.107. The van der Waals surface area contributed by atoms with Crippen molar-refractivity contribution >= 4 is 5.78 Å². The van der Waals surface area contributed by atoms with Crippen molar-refractivity contribution in [2.45, 2.75) is 38.8 Å². The molecule has 0 aliphatic rings. The number of halogens is 3. The third kappa shape index (κ3) is 3.83. The summed E-state index contributed by atoms with van der Waals surface area (Å²) in [6, 6.07) is 6.24. The molecule has 2 nitrogen and oxygen atoms in total. The molecule has 1 aromatic carbocycles. The maximum absolute atomic E-state index is 12.6. The van der Waals surface area contributed by atoms with E-state index in [-0.39, 0.29) is 17.3 Å². The SMILES string of the molecule is CCCC(C)C(=O)C(C#N)c1cccc(C(F)(F)F)c1. The van der Waals surface area contributed by atoms with E-state index in [1.807, 2.05) is 13.0 Å². The minimum Gasteiger partial charge on any atom is -0.298 e. The molecule has 2 atom stereocenters. The summed E-state index contributed by atoms with van der Waals surface area (Å²) in [6.45, 7) is 3.61. The lowest BCUT2D eigenvalue weighted by molar-refractivity contribution is -0.137. The molecule has 108 valence electrons. The molecule has 0 aliphatic carbocycles. The molecule has 5 heteroatoms. The second-order valence-electron chi connectivity index (χ2n) is 4.78. The fourth-order valence-electron chi connectivity index (χ4n) is 2.06. The molecule has 0 spiro atoms. The Morgan fingerprint density at radius 3 is 2.55 bits per heavy atom. The summed E-state index contributed by atoms with van der Waals surface area (Å²) in [7, 11) is 0. The summed E-state index contributed by atoms with van der Waals surface area (Å²) in [5.41, 5.74) is -0.735. The highest BCUT2D eigenvalue weighted by Gasteiger charge is 2.32. The van der Waals surface area contributed by atoms with Gasteiger partial charge in [-0.2, -0.15) is 18.4 Å². The smallest absolute Gasteiger partial charge is 0.298 e. The van der Waals surface area contributed by atoms with Gasteiger partial charge in [0.1, 0.15) is 5.92 Å². The molecule has 0 saturated heterocycles. The largest absolute Gasteiger partial charge is 0.416 e. The molecule has 0 aromatic heterocycles. The molecule has 0 amide bonds. The number of nitrogens with zero attached hydrogens (tertiary/aromatic N) is 1. The second kappa shape index (κ2) is 6.56. The number of benzene rings is 1. The van der Waals surface area contributed by atoms with E-state index in [0.29, 0.717) is 6.42 Å². The van der Waals surface area contributed by atoms with Crippen LogP contribution in [0.2, 0.25) is 0 Å². The Morgan fingerprint density at radius 2 is 2.05 bits per heavy atom. The molecule has 2 unspecified atom stereocenters. The van der Waals surface area contributed by atoms with E-state index in [9.17, 15) is 18.0 Å². The Morgan fingerprint density at radius 1 is 1.40 bits per heavy atom. The Balaban J connectivity index is 3.08. The van der Waals surface area contributed by atoms with Crippen molar-refractivity contribution in [1.82, 2.24) is 0 Å². The van der Waals surface area contributed by atoms with Crippen LogP contribution < -0.4 is 0 Å². The van der Waals surface area contributed by atoms with Gasteiger partial charge in [-0.25, -0.2) is 0 Å². The van der Waals surface area contributed by atoms with Crippen LogP contribution in [0.5, 0.6) is 0 Å². The number of Topliss-reactive ketones (excluding diaryl/α,β-unsaturated/α-hetero) is 1. The molecule has 20 heavy (non-hydrogen) atoms. The third-order valence-corrected chi connectivity index (χ3v) is 3.17. The maximum atomic E-state index is 12.6. The molecule has 0 bridgehead atoms. The van der Waals surface area contributed by atoms with Gasteiger partial charge in [0.25, 0.3) is 0 Å². The normalized spacial score (nSPS) is 14.4. The average Bonchev–Trinajstić information content (AvgIpc) is 2.39. The Bertz CT molecular complexity index is 517. The number of hydrogen-bond donors (Lipinski definition) is 0. The van der Waals surface area contributed by atoms with Gasteiger partial charge in [0.2, 0.25) is 0 Å². The van der Waals surface area contributed by atoms with Crippen molar-refractivity contribution in [3.63, 3.8) is 0 Å². The minimum atomic E-state index is -4.48. The third-order valence-electron chi connectivity index (χ3n) is 3.17. The second-order valence-corrected chi connectivity index (χ2v) is 4.78. The lowest BCUT2D eigenvalue weighted by Crippen LogP contribution is -2.19. The molecular formula is C15H16F3NO. The van der Waals surface area contributed by atoms with Crippen molar-refractivity contribution in [2.75, 3.05) is 0 Å². The zero-order chi connectivity index (χ0) is 15.3. The number of alkyl halides is 3. The van der Waals surface area contributed by atoms with E-state index in [0.717, 1.165) is 18.6 Å². The summed E-state index contributed by atoms with van der Waals surface area (Å²) in [5.74, 6) is -1.80. The summed E-state index contributed by atoms with van der Waals surface area (Å²) < 4.78 is 37.9. The van der Waals surface area contributed by atoms with Crippen LogP contribution in [0.4, 0.5) is 13.2 Å². The van der Waals surface area contributed by atoms with Crippen molar-refractivity contribution in [2.24, 2.45) is 5.92 Å². The highest BCUT2D eigenvalue weighted by Crippen LogP contribution is 2.32. The first-order chi connectivity index (χ1) is 9.31. The topological polar surface area (TPSA) is 40.9 Å². The zero-order valence-electron chi connectivity index (χ0n) is 11.4. The lowest BCUT2D eigenvalue weighted by atomic mass is 9.86. The monoisotopic (exact) mass is 283 g/mol. The van der Waals surface area contributed by atoms with Gasteiger partial charge in [0.15, 0.2) is 5.78 Å². The molecular weight excluding hydrogens is 267 g/mol. The van der Waals surface area contributed by atoms with Crippen molar-refractivity contribution in [3.05, 3.63) is 35.4 Å². The predicted molar refractivity (Wildman–Crippen MR) is 68.9 cm³/mol. The van der Waals surface area contributed by atoms with Crippen LogP contribution in [0, 0.1) is 17.2 Å². The fourth-order valence-corrected chi connectivity index (χ4v) is 2.06. The predicted octanol–water partition coefficient (Wildman–Crippen LogP) is 4.32. The Hall–Kier alpha value is -1.83. The molecule has 0 N–H and O–H groups in total. The van der Waals surface area contributed by atoms with Gasteiger partial charge in [-0.1, -0.05) is 38.5 Å². The number of carbonyl (C=O) groups excluding carboxylic acids is 1. The van der Waals surface area contributed by atoms with Gasteiger partial charge >= 0.3 is 6.18 Å². The van der Waals surface area contributed by atoms with Crippen LogP contribution in [-0.4, -0.2) is 5.78 Å². The van der Waals surface area contributed by atoms with E-state index in [1.54, 1.807) is 6.92 Å². The number of rotatable bonds is 5. The first-order valence-corrected chi connectivity index (χ1v) is 6.41. The summed E-state index contributed by atoms with van der Waals surface area (Å²) in [5, 5.41) is 9.11. The van der Waals surface area contributed by atoms with Gasteiger partial charge in [0.05, 0.1) is 11.6 Å². The summed E-state index contributed by atoms with van der Waals surface area (Å²) >= 11 is 0. The van der Waals surface area contributed by atoms with Gasteiger partial charge in [-0.05, 0) is 18.1 Å². The number of nitriles is 1. The molecule has 0 saturated carbocycles. The van der Waals surface area contributed by atoms with E-state index >= 15 is 0 Å². The Kier molecular flexibility index (Phi) is 5.32. The maximum Gasteiger partial charge on any atom is 0.416 e. The highest BCUT2D eigenvalue weighted by molar-refractivity contribution is 5.90. The zero-order valence-corrected chi connectivity index (χ0v) is 11.4. The van der Waals surface area contributed by atoms with Gasteiger partial charge in [-0.15, -0.1) is 0 Å². The van der Waals surface area contributed by atoms with Crippen LogP contribution in [0.1, 0.15) is 43.7 Å². The number of hydrogen-bond acceptors (Lipinski definition) is 2. The standard InChI is InChI=1S/C15H16F3NO/c1-3-5-10(2)14(20)13(9-19)11-6-4-7-12(8-11)15(16,17)18/h4,6-8,10,13H,3,5H2,1-2H3. The molecule has 1 aromatic rings. The van der Waals surface area contributed by atoms with Crippen LogP contribution >= 0.6 is 0 Å². The van der Waals surface area contributed by atoms with Gasteiger partial charge < -0.3 is 0 Å². The molecule has 0 fully saturated rings. The summed E-state index contributed by atoms with van der Waals surface area (Å²) in [6.07, 6.45) is -3.07. The van der Waals surface area contributed by atoms with Gasteiger partial charge in [-0.3, -0.25) is 4.79 Å². The quantitative estimate of drug-likeness (QED) is 0.807. The molecule has 1 rings (SSSR count). The van der Waals surface area contributed by atoms with Crippen molar-refractivity contribution in [1.29, 1.82) is 5.26 Å². The first-order valence-electron chi connectivity index (χ1n) is 6.41. The van der Waals surface area contributed by atoms with E-state index in [2.05, 4.69) is 0 Å². The Labute approximate surface area is 116 Å². The average molecular weight is 283 g/mol. The van der Waals surface area contributed by atoms with E-state index in [4.69, 9.17) is 5.26 Å². The highest BCUT2D eigenvalue weighted by atomic mass is 19.4. The van der Waals surface area contributed by atoms with Crippen LogP contribution in [0.3, 0.4) is 0 Å². The first kappa shape index (κ1) is 16.2. The van der Waals surface area contributed by atoms with Gasteiger partial charge in [0, 0.05) is 5.92 Å².